The number of sulfonamides is 1. The first-order valence-electron chi connectivity index (χ1n) is 4.32. The maximum atomic E-state index is 12.6. The Morgan fingerprint density at radius 2 is 1.88 bits per heavy atom. The first-order chi connectivity index (χ1) is 7.30. The first-order valence-corrected chi connectivity index (χ1v) is 6.17. The van der Waals surface area contributed by atoms with Crippen LogP contribution >= 0.6 is 0 Å². The Hall–Kier alpha value is -1.63. The second kappa shape index (κ2) is 4.48. The molecular weight excluding hydrogens is 235 g/mol. The SMILES string of the molecule is CS(=O)(=O)N(CC(N)=O)c1ccc(F)cc1. The highest BCUT2D eigenvalue weighted by atomic mass is 32.2. The van der Waals surface area contributed by atoms with Crippen LogP contribution < -0.4 is 10.0 Å². The normalized spacial score (nSPS) is 11.1. The summed E-state index contributed by atoms with van der Waals surface area (Å²) in [4.78, 5) is 10.7. The van der Waals surface area contributed by atoms with Crippen LogP contribution in [0, 0.1) is 5.82 Å². The molecule has 0 heterocycles. The molecule has 2 N–H and O–H groups in total. The van der Waals surface area contributed by atoms with E-state index in [1.807, 2.05) is 0 Å². The standard InChI is InChI=1S/C9H11FN2O3S/c1-16(14,15)12(6-9(11)13)8-4-2-7(10)3-5-8/h2-5H,6H2,1H3,(H2,11,13). The second-order valence-corrected chi connectivity index (χ2v) is 5.12. The number of hydrogen-bond acceptors (Lipinski definition) is 3. The zero-order valence-electron chi connectivity index (χ0n) is 8.55. The molecule has 0 saturated heterocycles. The molecule has 1 aromatic rings. The van der Waals surface area contributed by atoms with E-state index in [4.69, 9.17) is 5.73 Å². The van der Waals surface area contributed by atoms with Crippen molar-refractivity contribution in [2.24, 2.45) is 5.73 Å². The fraction of sp³-hybridized carbons (Fsp3) is 0.222. The van der Waals surface area contributed by atoms with Crippen LogP contribution in [0.25, 0.3) is 0 Å². The number of rotatable bonds is 4. The average molecular weight is 246 g/mol. The molecule has 0 fully saturated rings. The van der Waals surface area contributed by atoms with E-state index in [0.29, 0.717) is 0 Å². The number of nitrogens with zero attached hydrogens (tertiary/aromatic N) is 1. The molecule has 1 aromatic carbocycles. The summed E-state index contributed by atoms with van der Waals surface area (Å²) in [6.07, 6.45) is 0.944. The molecular formula is C9H11FN2O3S. The third-order valence-corrected chi connectivity index (χ3v) is 2.95. The van der Waals surface area contributed by atoms with Crippen LogP contribution in [0.1, 0.15) is 0 Å². The van der Waals surface area contributed by atoms with Crippen LogP contribution in [0.15, 0.2) is 24.3 Å². The molecule has 0 spiro atoms. The molecule has 0 bridgehead atoms. The van der Waals surface area contributed by atoms with E-state index in [9.17, 15) is 17.6 Å². The highest BCUT2D eigenvalue weighted by Gasteiger charge is 2.19. The smallest absolute Gasteiger partial charge is 0.238 e. The van der Waals surface area contributed by atoms with Gasteiger partial charge in [-0.3, -0.25) is 9.10 Å². The Labute approximate surface area is 92.7 Å². The zero-order chi connectivity index (χ0) is 12.3. The Morgan fingerprint density at radius 1 is 1.38 bits per heavy atom. The largest absolute Gasteiger partial charge is 0.368 e. The molecule has 88 valence electrons. The van der Waals surface area contributed by atoms with Gasteiger partial charge in [0, 0.05) is 0 Å². The number of nitrogens with two attached hydrogens (primary N) is 1. The van der Waals surface area contributed by atoms with Gasteiger partial charge in [-0.05, 0) is 24.3 Å². The quantitative estimate of drug-likeness (QED) is 0.816. The number of benzene rings is 1. The number of carbonyl (C=O) groups is 1. The van der Waals surface area contributed by atoms with E-state index in [0.717, 1.165) is 22.7 Å². The summed E-state index contributed by atoms with van der Waals surface area (Å²) in [5, 5.41) is 0. The molecule has 1 amide bonds. The van der Waals surface area contributed by atoms with Crippen LogP contribution in [-0.2, 0) is 14.8 Å². The van der Waals surface area contributed by atoms with Gasteiger partial charge >= 0.3 is 0 Å². The van der Waals surface area contributed by atoms with Crippen LogP contribution in [0.2, 0.25) is 0 Å². The van der Waals surface area contributed by atoms with Crippen molar-refractivity contribution >= 4 is 21.6 Å². The average Bonchev–Trinajstić information content (AvgIpc) is 2.14. The minimum absolute atomic E-state index is 0.197. The van der Waals surface area contributed by atoms with Gasteiger partial charge in [-0.25, -0.2) is 12.8 Å². The number of amides is 1. The lowest BCUT2D eigenvalue weighted by atomic mass is 10.3. The van der Waals surface area contributed by atoms with E-state index >= 15 is 0 Å². The number of halogens is 1. The lowest BCUT2D eigenvalue weighted by Gasteiger charge is -2.20. The van der Waals surface area contributed by atoms with Crippen molar-refractivity contribution in [3.8, 4) is 0 Å². The van der Waals surface area contributed by atoms with Crippen molar-refractivity contribution in [1.82, 2.24) is 0 Å². The van der Waals surface area contributed by atoms with Gasteiger partial charge in [0.1, 0.15) is 12.4 Å². The fourth-order valence-corrected chi connectivity index (χ4v) is 2.02. The summed E-state index contributed by atoms with van der Waals surface area (Å²) >= 11 is 0. The third-order valence-electron chi connectivity index (χ3n) is 1.81. The minimum Gasteiger partial charge on any atom is -0.368 e. The summed E-state index contributed by atoms with van der Waals surface area (Å²) in [7, 11) is -3.62. The predicted octanol–water partition coefficient (Wildman–Crippen LogP) is 0.0770. The van der Waals surface area contributed by atoms with Gasteiger partial charge in [0.15, 0.2) is 0 Å². The third kappa shape index (κ3) is 3.20. The molecule has 0 aliphatic carbocycles. The van der Waals surface area contributed by atoms with Gasteiger partial charge in [0.25, 0.3) is 0 Å². The highest BCUT2D eigenvalue weighted by molar-refractivity contribution is 7.92. The first kappa shape index (κ1) is 12.4. The molecule has 0 saturated carbocycles. The lowest BCUT2D eigenvalue weighted by molar-refractivity contribution is -0.116. The lowest BCUT2D eigenvalue weighted by Crippen LogP contribution is -2.37. The van der Waals surface area contributed by atoms with Gasteiger partial charge in [-0.2, -0.15) is 0 Å². The Bertz CT molecular complexity index is 484. The molecule has 0 aliphatic heterocycles. The molecule has 1 rings (SSSR count). The van der Waals surface area contributed by atoms with E-state index in [2.05, 4.69) is 0 Å². The van der Waals surface area contributed by atoms with Gasteiger partial charge in [-0.1, -0.05) is 0 Å². The zero-order valence-corrected chi connectivity index (χ0v) is 9.37. The Morgan fingerprint density at radius 3 is 2.25 bits per heavy atom. The number of primary amides is 1. The van der Waals surface area contributed by atoms with Crippen molar-refractivity contribution in [1.29, 1.82) is 0 Å². The van der Waals surface area contributed by atoms with Gasteiger partial charge in [0.05, 0.1) is 11.9 Å². The molecule has 0 radical (unpaired) electrons. The molecule has 16 heavy (non-hydrogen) atoms. The summed E-state index contributed by atoms with van der Waals surface area (Å²) in [6, 6.07) is 4.74. The van der Waals surface area contributed by atoms with E-state index in [1.165, 1.54) is 12.1 Å². The van der Waals surface area contributed by atoms with E-state index < -0.39 is 28.3 Å². The highest BCUT2D eigenvalue weighted by Crippen LogP contribution is 2.17. The van der Waals surface area contributed by atoms with E-state index in [-0.39, 0.29) is 5.69 Å². The maximum Gasteiger partial charge on any atom is 0.238 e. The van der Waals surface area contributed by atoms with Crippen LogP contribution in [0.4, 0.5) is 10.1 Å². The summed E-state index contributed by atoms with van der Waals surface area (Å²) < 4.78 is 36.2. The topological polar surface area (TPSA) is 80.5 Å². The van der Waals surface area contributed by atoms with Crippen LogP contribution in [0.5, 0.6) is 0 Å². The monoisotopic (exact) mass is 246 g/mol. The minimum atomic E-state index is -3.62. The number of anilines is 1. The molecule has 5 nitrogen and oxygen atoms in total. The summed E-state index contributed by atoms with van der Waals surface area (Å²) in [5.41, 5.74) is 5.14. The molecule has 0 aromatic heterocycles. The fourth-order valence-electron chi connectivity index (χ4n) is 1.15. The summed E-state index contributed by atoms with van der Waals surface area (Å²) in [6.45, 7) is -0.468. The van der Waals surface area contributed by atoms with Crippen molar-refractivity contribution < 1.29 is 17.6 Å². The molecule has 0 atom stereocenters. The van der Waals surface area contributed by atoms with Crippen LogP contribution in [-0.4, -0.2) is 27.1 Å². The predicted molar refractivity (Wildman–Crippen MR) is 57.8 cm³/mol. The Kier molecular flexibility index (Phi) is 3.48. The van der Waals surface area contributed by atoms with Crippen molar-refractivity contribution in [3.63, 3.8) is 0 Å². The number of hydrogen-bond donors (Lipinski definition) is 1. The van der Waals surface area contributed by atoms with Crippen molar-refractivity contribution in [3.05, 3.63) is 30.1 Å². The second-order valence-electron chi connectivity index (χ2n) is 3.21. The van der Waals surface area contributed by atoms with Gasteiger partial charge in [0.2, 0.25) is 15.9 Å². The molecule has 0 aliphatic rings. The van der Waals surface area contributed by atoms with E-state index in [1.54, 1.807) is 0 Å². The molecule has 0 unspecified atom stereocenters. The van der Waals surface area contributed by atoms with Crippen molar-refractivity contribution in [2.75, 3.05) is 17.1 Å². The maximum absolute atomic E-state index is 12.6. The van der Waals surface area contributed by atoms with Gasteiger partial charge in [-0.15, -0.1) is 0 Å². The van der Waals surface area contributed by atoms with Gasteiger partial charge < -0.3 is 5.73 Å². The van der Waals surface area contributed by atoms with Crippen LogP contribution in [0.3, 0.4) is 0 Å². The number of carbonyl (C=O) groups excluding carboxylic acids is 1. The molecule has 7 heteroatoms. The Balaban J connectivity index is 3.11. The van der Waals surface area contributed by atoms with Crippen molar-refractivity contribution in [2.45, 2.75) is 0 Å². The summed E-state index contributed by atoms with van der Waals surface area (Å²) in [5.74, 6) is -1.27.